The summed E-state index contributed by atoms with van der Waals surface area (Å²) in [7, 11) is 1.58. The number of benzene rings is 1. The molecule has 0 bridgehead atoms. The number of aromatic nitrogens is 5. The lowest BCUT2D eigenvalue weighted by atomic mass is 10.2. The van der Waals surface area contributed by atoms with Gasteiger partial charge >= 0.3 is 12.1 Å². The van der Waals surface area contributed by atoms with E-state index in [1.165, 1.54) is 16.8 Å². The average molecular weight is 464 g/mol. The lowest BCUT2D eigenvalue weighted by Crippen LogP contribution is -2.39. The van der Waals surface area contributed by atoms with E-state index in [2.05, 4.69) is 31.1 Å². The van der Waals surface area contributed by atoms with Crippen molar-refractivity contribution in [1.29, 1.82) is 0 Å². The van der Waals surface area contributed by atoms with Gasteiger partial charge in [-0.25, -0.2) is 4.79 Å². The first-order valence-electron chi connectivity index (χ1n) is 8.31. The fourth-order valence-corrected chi connectivity index (χ4v) is 3.23. The highest BCUT2D eigenvalue weighted by Crippen LogP contribution is 2.22. The summed E-state index contributed by atoms with van der Waals surface area (Å²) in [5.41, 5.74) is 0.378. The summed E-state index contributed by atoms with van der Waals surface area (Å²) in [5, 5.41) is 7.21. The van der Waals surface area contributed by atoms with E-state index >= 15 is 0 Å². The molecule has 0 radical (unpaired) electrons. The van der Waals surface area contributed by atoms with Crippen LogP contribution in [0.25, 0.3) is 22.4 Å². The average Bonchev–Trinajstić information content (AvgIpc) is 3.20. The number of nitrogens with zero attached hydrogens (tertiary/aromatic N) is 5. The lowest BCUT2D eigenvalue weighted by molar-refractivity contribution is 0.116. The molecule has 4 rings (SSSR count). The smallest absolute Gasteiger partial charge is 0.331 e. The van der Waals surface area contributed by atoms with E-state index in [1.807, 2.05) is 0 Å². The second-order valence-corrected chi connectivity index (χ2v) is 7.09. The molecule has 11 heteroatoms. The van der Waals surface area contributed by atoms with Crippen LogP contribution in [0.15, 0.2) is 55.0 Å². The number of fused-ring (bicyclic) bond motifs is 1. The van der Waals surface area contributed by atoms with Gasteiger partial charge in [0.15, 0.2) is 0 Å². The topological polar surface area (TPSA) is 95.8 Å². The molecule has 3 heterocycles. The largest absolute Gasteiger partial charge is 0.415 e. The molecule has 0 spiro atoms. The maximum absolute atomic E-state index is 12.8. The van der Waals surface area contributed by atoms with Gasteiger partial charge < -0.3 is 4.42 Å². The van der Waals surface area contributed by atoms with Crippen LogP contribution in [0.5, 0.6) is 0 Å². The number of hydrogen-bond donors (Lipinski definition) is 0. The molecule has 0 fully saturated rings. The molecular weight excluding hydrogens is 452 g/mol. The van der Waals surface area contributed by atoms with Crippen molar-refractivity contribution >= 4 is 26.8 Å². The molecule has 0 saturated carbocycles. The summed E-state index contributed by atoms with van der Waals surface area (Å²) in [4.78, 5) is 29.6. The molecule has 1 aromatic carbocycles. The first kappa shape index (κ1) is 19.1. The lowest BCUT2D eigenvalue weighted by Gasteiger charge is -2.11. The Morgan fingerprint density at radius 3 is 2.62 bits per heavy atom. The van der Waals surface area contributed by atoms with E-state index in [-0.39, 0.29) is 12.4 Å². The molecule has 0 unspecified atom stereocenters. The fraction of sp³-hybridized carbons (Fsp3) is 0.167. The molecule has 0 aliphatic rings. The molecule has 3 aromatic heterocycles. The van der Waals surface area contributed by atoms with Crippen LogP contribution in [0, 0.1) is 0 Å². The van der Waals surface area contributed by atoms with E-state index in [4.69, 9.17) is 4.42 Å². The highest BCUT2D eigenvalue weighted by Gasteiger charge is 2.17. The molecule has 148 valence electrons. The molecule has 29 heavy (non-hydrogen) atoms. The van der Waals surface area contributed by atoms with Gasteiger partial charge in [-0.05, 0) is 30.3 Å². The van der Waals surface area contributed by atoms with Gasteiger partial charge in [-0.3, -0.25) is 18.9 Å². The number of alkyl halides is 2. The minimum Gasteiger partial charge on any atom is -0.415 e. The van der Waals surface area contributed by atoms with Crippen LogP contribution in [-0.4, -0.2) is 24.3 Å². The SMILES string of the molecule is Cn1c(=O)n(Cc2ccc(-c3nnc(C(F)F)o3)cn2)c(=O)c2cc(Br)ccc21. The van der Waals surface area contributed by atoms with E-state index < -0.39 is 23.6 Å². The van der Waals surface area contributed by atoms with Gasteiger partial charge in [0.25, 0.3) is 11.4 Å². The van der Waals surface area contributed by atoms with Gasteiger partial charge in [0.05, 0.1) is 28.7 Å². The quantitative estimate of drug-likeness (QED) is 0.461. The monoisotopic (exact) mass is 463 g/mol. The maximum Gasteiger partial charge on any atom is 0.331 e. The summed E-state index contributed by atoms with van der Waals surface area (Å²) in [6, 6.07) is 8.19. The molecule has 0 atom stereocenters. The molecule has 0 amide bonds. The van der Waals surface area contributed by atoms with Crippen LogP contribution < -0.4 is 11.2 Å². The van der Waals surface area contributed by atoms with Crippen molar-refractivity contribution in [3.05, 3.63) is 73.4 Å². The predicted octanol–water partition coefficient (Wildman–Crippen LogP) is 2.89. The zero-order valence-electron chi connectivity index (χ0n) is 14.8. The van der Waals surface area contributed by atoms with Gasteiger partial charge in [-0.2, -0.15) is 8.78 Å². The normalized spacial score (nSPS) is 11.5. The van der Waals surface area contributed by atoms with Crippen molar-refractivity contribution in [3.63, 3.8) is 0 Å². The zero-order chi connectivity index (χ0) is 20.7. The third-order valence-corrected chi connectivity index (χ3v) is 4.83. The first-order valence-corrected chi connectivity index (χ1v) is 9.10. The van der Waals surface area contributed by atoms with Gasteiger partial charge in [0.1, 0.15) is 0 Å². The van der Waals surface area contributed by atoms with E-state index in [0.717, 1.165) is 9.04 Å². The van der Waals surface area contributed by atoms with Crippen LogP contribution in [-0.2, 0) is 13.6 Å². The Morgan fingerprint density at radius 1 is 1.17 bits per heavy atom. The van der Waals surface area contributed by atoms with Gasteiger partial charge in [-0.1, -0.05) is 15.9 Å². The molecule has 4 aromatic rings. The molecule has 0 aliphatic carbocycles. The second-order valence-electron chi connectivity index (χ2n) is 6.18. The Balaban J connectivity index is 1.70. The van der Waals surface area contributed by atoms with E-state index in [0.29, 0.717) is 22.2 Å². The predicted molar refractivity (Wildman–Crippen MR) is 103 cm³/mol. The van der Waals surface area contributed by atoms with Crippen molar-refractivity contribution in [3.8, 4) is 11.5 Å². The Morgan fingerprint density at radius 2 is 1.97 bits per heavy atom. The Bertz CT molecular complexity index is 1330. The summed E-state index contributed by atoms with van der Waals surface area (Å²) in [5.74, 6) is -0.871. The maximum atomic E-state index is 12.8. The Hall–Kier alpha value is -3.21. The van der Waals surface area contributed by atoms with Crippen LogP contribution in [0.3, 0.4) is 0 Å². The van der Waals surface area contributed by atoms with Crippen LogP contribution in [0.4, 0.5) is 8.78 Å². The summed E-state index contributed by atoms with van der Waals surface area (Å²) < 4.78 is 33.2. The molecule has 8 nitrogen and oxygen atoms in total. The summed E-state index contributed by atoms with van der Waals surface area (Å²) >= 11 is 3.33. The van der Waals surface area contributed by atoms with Gasteiger partial charge in [0.2, 0.25) is 5.89 Å². The number of rotatable bonds is 4. The third kappa shape index (κ3) is 3.48. The molecule has 0 aliphatic heterocycles. The van der Waals surface area contributed by atoms with Crippen molar-refractivity contribution in [2.75, 3.05) is 0 Å². The Labute approximate surface area is 169 Å². The fourth-order valence-electron chi connectivity index (χ4n) is 2.87. The second kappa shape index (κ2) is 7.32. The first-order chi connectivity index (χ1) is 13.8. The Kier molecular flexibility index (Phi) is 4.82. The van der Waals surface area contributed by atoms with Crippen molar-refractivity contribution in [1.82, 2.24) is 24.3 Å². The van der Waals surface area contributed by atoms with E-state index in [9.17, 15) is 18.4 Å². The van der Waals surface area contributed by atoms with Gasteiger partial charge in [0, 0.05) is 17.7 Å². The highest BCUT2D eigenvalue weighted by molar-refractivity contribution is 9.10. The third-order valence-electron chi connectivity index (χ3n) is 4.33. The van der Waals surface area contributed by atoms with E-state index in [1.54, 1.807) is 31.3 Å². The minimum absolute atomic E-state index is 0.0552. The van der Waals surface area contributed by atoms with Crippen molar-refractivity contribution in [2.24, 2.45) is 7.05 Å². The van der Waals surface area contributed by atoms with Crippen LogP contribution in [0.1, 0.15) is 18.0 Å². The van der Waals surface area contributed by atoms with Crippen LogP contribution in [0.2, 0.25) is 0 Å². The minimum atomic E-state index is -2.86. The van der Waals surface area contributed by atoms with Gasteiger partial charge in [-0.15, -0.1) is 10.2 Å². The number of aryl methyl sites for hydroxylation is 1. The standard InChI is InChI=1S/C18H12BrF2N5O3/c1-25-13-5-3-10(19)6-12(13)17(27)26(18(25)28)8-11-4-2-9(7-22-11)15-23-24-16(29-15)14(20)21/h2-7,14H,8H2,1H3. The number of halogens is 3. The summed E-state index contributed by atoms with van der Waals surface area (Å²) in [6.07, 6.45) is -1.51. The number of pyridine rings is 1. The van der Waals surface area contributed by atoms with Crippen molar-refractivity contribution < 1.29 is 13.2 Å². The zero-order valence-corrected chi connectivity index (χ0v) is 16.4. The number of hydrogen-bond acceptors (Lipinski definition) is 6. The highest BCUT2D eigenvalue weighted by atomic mass is 79.9. The molecule has 0 saturated heterocycles. The van der Waals surface area contributed by atoms with Crippen LogP contribution >= 0.6 is 15.9 Å². The molecule has 0 N–H and O–H groups in total. The van der Waals surface area contributed by atoms with Crippen molar-refractivity contribution in [2.45, 2.75) is 13.0 Å². The molecular formula is C18H12BrF2N5O3. The summed E-state index contributed by atoms with van der Waals surface area (Å²) in [6.45, 7) is -0.0552.